The van der Waals surface area contributed by atoms with Crippen molar-refractivity contribution < 1.29 is 18.7 Å². The number of fused-ring (bicyclic) bond motifs is 1. The van der Waals surface area contributed by atoms with E-state index in [9.17, 15) is 9.59 Å². The van der Waals surface area contributed by atoms with Gasteiger partial charge in [-0.05, 0) is 63.2 Å². The predicted octanol–water partition coefficient (Wildman–Crippen LogP) is 6.44. The third-order valence-corrected chi connectivity index (χ3v) is 6.13. The van der Waals surface area contributed by atoms with Gasteiger partial charge in [0.25, 0.3) is 0 Å². The molecule has 3 aromatic rings. The lowest BCUT2D eigenvalue weighted by Crippen LogP contribution is -2.48. The summed E-state index contributed by atoms with van der Waals surface area (Å²) in [5.74, 6) is -0.288. The Balaban J connectivity index is 0.00000167. The van der Waals surface area contributed by atoms with E-state index in [1.165, 1.54) is 0 Å². The number of halogens is 1. The van der Waals surface area contributed by atoms with Gasteiger partial charge in [-0.3, -0.25) is 15.0 Å². The molecule has 4 rings (SSSR count). The van der Waals surface area contributed by atoms with Crippen molar-refractivity contribution in [2.75, 3.05) is 43.0 Å². The highest BCUT2D eigenvalue weighted by molar-refractivity contribution is 6.31. The number of hydrogen-bond acceptors (Lipinski definition) is 6. The fourth-order valence-electron chi connectivity index (χ4n) is 4.07. The number of furan rings is 1. The molecule has 2 aromatic carbocycles. The smallest absolute Gasteiger partial charge is 0.411 e. The second kappa shape index (κ2) is 12.1. The third kappa shape index (κ3) is 6.16. The largest absolute Gasteiger partial charge is 0.450 e. The molecule has 1 aromatic heterocycles. The number of carbonyl (C=O) groups excluding carboxylic acids is 2. The van der Waals surface area contributed by atoms with Crippen LogP contribution >= 0.6 is 11.6 Å². The minimum atomic E-state index is -0.662. The van der Waals surface area contributed by atoms with E-state index in [4.69, 9.17) is 20.8 Å². The molecule has 0 aliphatic carbocycles. The normalized spacial score (nSPS) is 14.0. The van der Waals surface area contributed by atoms with Gasteiger partial charge in [0.1, 0.15) is 11.3 Å². The van der Waals surface area contributed by atoms with E-state index in [0.717, 1.165) is 31.9 Å². The van der Waals surface area contributed by atoms with Gasteiger partial charge in [0, 0.05) is 53.9 Å². The van der Waals surface area contributed by atoms with Crippen LogP contribution in [0.2, 0.25) is 5.02 Å². The van der Waals surface area contributed by atoms with E-state index >= 15 is 0 Å². The fourth-order valence-corrected chi connectivity index (χ4v) is 4.25. The molecule has 1 aliphatic heterocycles. The zero-order valence-electron chi connectivity index (χ0n) is 21.1. The monoisotopic (exact) mass is 499 g/mol. The quantitative estimate of drug-likeness (QED) is 0.393. The summed E-state index contributed by atoms with van der Waals surface area (Å²) in [5, 5.41) is 3.65. The maximum absolute atomic E-state index is 13.3. The van der Waals surface area contributed by atoms with Gasteiger partial charge in [0.2, 0.25) is 5.78 Å². The molecule has 7 nitrogen and oxygen atoms in total. The van der Waals surface area contributed by atoms with Crippen LogP contribution in [0.15, 0.2) is 46.9 Å². The van der Waals surface area contributed by atoms with Crippen LogP contribution in [-0.2, 0) is 4.74 Å². The molecule has 1 aliphatic rings. The number of rotatable bonds is 6. The first-order chi connectivity index (χ1) is 16.9. The molecule has 8 heteroatoms. The van der Waals surface area contributed by atoms with Crippen LogP contribution in [-0.4, -0.2) is 55.6 Å². The number of nitrogens with one attached hydrogen (secondary N) is 1. The topological polar surface area (TPSA) is 75.0 Å². The molecule has 1 amide bonds. The summed E-state index contributed by atoms with van der Waals surface area (Å²) >= 11 is 6.13. The van der Waals surface area contributed by atoms with E-state index in [-0.39, 0.29) is 23.8 Å². The maximum Gasteiger partial charge on any atom is 0.411 e. The Morgan fingerprint density at radius 2 is 1.71 bits per heavy atom. The van der Waals surface area contributed by atoms with Crippen LogP contribution in [0.3, 0.4) is 0 Å². The number of ether oxygens (including phenoxy) is 1. The van der Waals surface area contributed by atoms with Crippen molar-refractivity contribution in [1.82, 2.24) is 4.90 Å². The fraction of sp³-hybridized carbons (Fsp3) is 0.407. The van der Waals surface area contributed by atoms with Gasteiger partial charge in [0.05, 0.1) is 6.61 Å². The Bertz CT molecular complexity index is 1150. The van der Waals surface area contributed by atoms with Crippen molar-refractivity contribution in [2.45, 2.75) is 40.7 Å². The lowest BCUT2D eigenvalue weighted by Gasteiger charge is -2.38. The number of benzene rings is 2. The average Bonchev–Trinajstić information content (AvgIpc) is 3.22. The molecular weight excluding hydrogens is 466 g/mol. The molecule has 1 N–H and O–H groups in total. The first kappa shape index (κ1) is 26.6. The Kier molecular flexibility index (Phi) is 9.18. The second-order valence-corrected chi connectivity index (χ2v) is 8.72. The summed E-state index contributed by atoms with van der Waals surface area (Å²) in [5.41, 5.74) is 2.26. The molecule has 0 radical (unpaired) electrons. The van der Waals surface area contributed by atoms with Crippen molar-refractivity contribution in [3.8, 4) is 0 Å². The Morgan fingerprint density at radius 3 is 2.31 bits per heavy atom. The van der Waals surface area contributed by atoms with Gasteiger partial charge in [-0.1, -0.05) is 25.4 Å². The van der Waals surface area contributed by atoms with Crippen molar-refractivity contribution in [2.24, 2.45) is 0 Å². The van der Waals surface area contributed by atoms with Crippen LogP contribution in [0.5, 0.6) is 0 Å². The molecule has 0 unspecified atom stereocenters. The van der Waals surface area contributed by atoms with Gasteiger partial charge in [0.15, 0.2) is 5.76 Å². The van der Waals surface area contributed by atoms with E-state index in [1.807, 2.05) is 26.0 Å². The number of nitrogens with zero attached hydrogens (tertiary/aromatic N) is 2. The van der Waals surface area contributed by atoms with E-state index in [2.05, 4.69) is 29.0 Å². The first-order valence-electron chi connectivity index (χ1n) is 12.2. The number of amides is 1. The van der Waals surface area contributed by atoms with E-state index in [1.54, 1.807) is 37.3 Å². The number of anilines is 2. The summed E-state index contributed by atoms with van der Waals surface area (Å²) in [6.07, 6.45) is -0.662. The average molecular weight is 500 g/mol. The SMILES string of the molecule is CC.CCOC(=O)Nc1c(C(=O)c2ccc(N3CCN(C(C)C)CC3)cc2)oc2ccc(Cl)cc12. The Labute approximate surface area is 212 Å². The van der Waals surface area contributed by atoms with Gasteiger partial charge in [-0.2, -0.15) is 0 Å². The van der Waals surface area contributed by atoms with Gasteiger partial charge >= 0.3 is 6.09 Å². The highest BCUT2D eigenvalue weighted by Gasteiger charge is 2.25. The van der Waals surface area contributed by atoms with Crippen molar-refractivity contribution in [3.05, 3.63) is 58.8 Å². The zero-order chi connectivity index (χ0) is 25.5. The summed E-state index contributed by atoms with van der Waals surface area (Å²) in [6.45, 7) is 14.3. The molecule has 35 heavy (non-hydrogen) atoms. The van der Waals surface area contributed by atoms with Crippen molar-refractivity contribution >= 4 is 45.8 Å². The Hall–Kier alpha value is -3.03. The highest BCUT2D eigenvalue weighted by Crippen LogP contribution is 2.34. The molecule has 2 heterocycles. The highest BCUT2D eigenvalue weighted by atomic mass is 35.5. The third-order valence-electron chi connectivity index (χ3n) is 5.90. The van der Waals surface area contributed by atoms with Crippen LogP contribution in [0.1, 0.15) is 50.7 Å². The van der Waals surface area contributed by atoms with E-state index in [0.29, 0.717) is 27.6 Å². The van der Waals surface area contributed by atoms with Gasteiger partial charge in [-0.15, -0.1) is 0 Å². The van der Waals surface area contributed by atoms with Crippen molar-refractivity contribution in [1.29, 1.82) is 0 Å². The van der Waals surface area contributed by atoms with Gasteiger partial charge < -0.3 is 14.1 Å². The minimum Gasteiger partial charge on any atom is -0.450 e. The second-order valence-electron chi connectivity index (χ2n) is 8.28. The number of ketones is 1. The molecule has 1 fully saturated rings. The van der Waals surface area contributed by atoms with Crippen LogP contribution in [0.25, 0.3) is 11.0 Å². The standard InChI is InChI=1S/C25H28ClN3O4.C2H6/c1-4-32-25(31)27-22-20-15-18(26)7-10-21(20)33-24(22)23(30)17-5-8-19(9-6-17)29-13-11-28(12-14-29)16(2)3;1-2/h5-10,15-16H,4,11-14H2,1-3H3,(H,27,31);1-2H3. The van der Waals surface area contributed by atoms with Crippen molar-refractivity contribution in [3.63, 3.8) is 0 Å². The summed E-state index contributed by atoms with van der Waals surface area (Å²) < 4.78 is 10.8. The van der Waals surface area contributed by atoms with Crippen LogP contribution < -0.4 is 10.2 Å². The van der Waals surface area contributed by atoms with Crippen LogP contribution in [0.4, 0.5) is 16.2 Å². The van der Waals surface area contributed by atoms with Gasteiger partial charge in [-0.25, -0.2) is 4.79 Å². The molecule has 0 saturated carbocycles. The molecule has 0 bridgehead atoms. The summed E-state index contributed by atoms with van der Waals surface area (Å²) in [6, 6.07) is 13.0. The minimum absolute atomic E-state index is 0.0404. The Morgan fingerprint density at radius 1 is 1.06 bits per heavy atom. The lowest BCUT2D eigenvalue weighted by atomic mass is 10.1. The molecule has 0 spiro atoms. The number of hydrogen-bond donors (Lipinski definition) is 1. The number of carbonyl (C=O) groups is 2. The van der Waals surface area contributed by atoms with Crippen LogP contribution in [0, 0.1) is 0 Å². The molecule has 1 saturated heterocycles. The number of piperazine rings is 1. The molecule has 0 atom stereocenters. The predicted molar refractivity (Wildman–Crippen MR) is 142 cm³/mol. The molecular formula is C27H34ClN3O4. The van der Waals surface area contributed by atoms with E-state index < -0.39 is 6.09 Å². The lowest BCUT2D eigenvalue weighted by molar-refractivity contribution is 0.101. The first-order valence-corrected chi connectivity index (χ1v) is 12.5. The summed E-state index contributed by atoms with van der Waals surface area (Å²) in [7, 11) is 0. The molecule has 188 valence electrons. The zero-order valence-corrected chi connectivity index (χ0v) is 21.8. The summed E-state index contributed by atoms with van der Waals surface area (Å²) in [4.78, 5) is 30.2. The maximum atomic E-state index is 13.3.